The first-order chi connectivity index (χ1) is 10.9. The molecule has 0 aliphatic carbocycles. The molecular weight excluding hydrogens is 317 g/mol. The molecule has 1 amide bonds. The summed E-state index contributed by atoms with van der Waals surface area (Å²) in [5.74, 6) is 0.185. The van der Waals surface area contributed by atoms with Crippen molar-refractivity contribution in [2.24, 2.45) is 0 Å². The molecule has 0 spiro atoms. The van der Waals surface area contributed by atoms with E-state index in [4.69, 9.17) is 11.6 Å². The van der Waals surface area contributed by atoms with Crippen LogP contribution in [0.25, 0.3) is 10.9 Å². The van der Waals surface area contributed by atoms with Gasteiger partial charge in [-0.3, -0.25) is 4.79 Å². The SMILES string of the molecule is CC(C)c1cc2[nH]c(CNC(=O)C3CC(F)CN3)cc2cc1Cl. The molecule has 1 aromatic carbocycles. The Kier molecular flexibility index (Phi) is 4.60. The van der Waals surface area contributed by atoms with Crippen molar-refractivity contribution in [1.29, 1.82) is 0 Å². The van der Waals surface area contributed by atoms with E-state index in [0.29, 0.717) is 12.5 Å². The van der Waals surface area contributed by atoms with E-state index in [9.17, 15) is 9.18 Å². The molecule has 1 aliphatic rings. The number of rotatable bonds is 4. The van der Waals surface area contributed by atoms with Crippen LogP contribution in [0.3, 0.4) is 0 Å². The van der Waals surface area contributed by atoms with Crippen molar-refractivity contribution < 1.29 is 9.18 Å². The molecule has 23 heavy (non-hydrogen) atoms. The summed E-state index contributed by atoms with van der Waals surface area (Å²) in [6, 6.07) is 5.54. The quantitative estimate of drug-likeness (QED) is 0.802. The van der Waals surface area contributed by atoms with Gasteiger partial charge in [0, 0.05) is 34.6 Å². The van der Waals surface area contributed by atoms with E-state index in [-0.39, 0.29) is 18.9 Å². The normalized spacial score (nSPS) is 21.3. The summed E-state index contributed by atoms with van der Waals surface area (Å²) < 4.78 is 13.1. The van der Waals surface area contributed by atoms with Crippen LogP contribution in [0.2, 0.25) is 5.02 Å². The van der Waals surface area contributed by atoms with Crippen LogP contribution in [0.5, 0.6) is 0 Å². The molecule has 2 aromatic rings. The van der Waals surface area contributed by atoms with Gasteiger partial charge in [0.1, 0.15) is 6.17 Å². The third-order valence-corrected chi connectivity index (χ3v) is 4.59. The molecule has 1 saturated heterocycles. The Morgan fingerprint density at radius 3 is 2.87 bits per heavy atom. The highest BCUT2D eigenvalue weighted by molar-refractivity contribution is 6.32. The van der Waals surface area contributed by atoms with Crippen molar-refractivity contribution in [2.75, 3.05) is 6.54 Å². The molecule has 0 radical (unpaired) electrons. The molecule has 1 fully saturated rings. The molecule has 2 atom stereocenters. The van der Waals surface area contributed by atoms with E-state index in [2.05, 4.69) is 35.5 Å². The molecule has 124 valence electrons. The van der Waals surface area contributed by atoms with Crippen molar-refractivity contribution in [2.45, 2.75) is 44.9 Å². The number of halogens is 2. The average Bonchev–Trinajstić information content (AvgIpc) is 3.09. The summed E-state index contributed by atoms with van der Waals surface area (Å²) in [6.07, 6.45) is -0.693. The highest BCUT2D eigenvalue weighted by atomic mass is 35.5. The summed E-state index contributed by atoms with van der Waals surface area (Å²) in [6.45, 7) is 4.84. The summed E-state index contributed by atoms with van der Waals surface area (Å²) in [5.41, 5.74) is 3.01. The van der Waals surface area contributed by atoms with Gasteiger partial charge >= 0.3 is 0 Å². The van der Waals surface area contributed by atoms with Crippen LogP contribution in [0.4, 0.5) is 4.39 Å². The monoisotopic (exact) mass is 337 g/mol. The lowest BCUT2D eigenvalue weighted by atomic mass is 10.0. The average molecular weight is 338 g/mol. The lowest BCUT2D eigenvalue weighted by Gasteiger charge is -2.09. The number of aromatic nitrogens is 1. The first-order valence-corrected chi connectivity index (χ1v) is 8.28. The molecule has 3 N–H and O–H groups in total. The fraction of sp³-hybridized carbons (Fsp3) is 0.471. The molecule has 0 bridgehead atoms. The molecule has 1 aromatic heterocycles. The zero-order chi connectivity index (χ0) is 16.6. The predicted molar refractivity (Wildman–Crippen MR) is 90.5 cm³/mol. The number of carbonyl (C=O) groups is 1. The highest BCUT2D eigenvalue weighted by Gasteiger charge is 2.28. The smallest absolute Gasteiger partial charge is 0.237 e. The van der Waals surface area contributed by atoms with Crippen molar-refractivity contribution in [3.63, 3.8) is 0 Å². The van der Waals surface area contributed by atoms with Gasteiger partial charge in [0.2, 0.25) is 5.91 Å². The number of aromatic amines is 1. The fourth-order valence-electron chi connectivity index (χ4n) is 2.97. The lowest BCUT2D eigenvalue weighted by Crippen LogP contribution is -2.40. The number of nitrogens with one attached hydrogen (secondary N) is 3. The van der Waals surface area contributed by atoms with Crippen molar-refractivity contribution >= 4 is 28.4 Å². The topological polar surface area (TPSA) is 56.9 Å². The summed E-state index contributed by atoms with van der Waals surface area (Å²) in [4.78, 5) is 15.3. The Labute approximate surface area is 139 Å². The Balaban J connectivity index is 1.70. The minimum Gasteiger partial charge on any atom is -0.357 e. The van der Waals surface area contributed by atoms with Crippen molar-refractivity contribution in [3.8, 4) is 0 Å². The largest absolute Gasteiger partial charge is 0.357 e. The van der Waals surface area contributed by atoms with Crippen LogP contribution < -0.4 is 10.6 Å². The van der Waals surface area contributed by atoms with E-state index >= 15 is 0 Å². The van der Waals surface area contributed by atoms with Gasteiger partial charge in [-0.15, -0.1) is 0 Å². The van der Waals surface area contributed by atoms with E-state index < -0.39 is 12.2 Å². The van der Waals surface area contributed by atoms with Crippen LogP contribution in [0.15, 0.2) is 18.2 Å². The van der Waals surface area contributed by atoms with E-state index in [1.807, 2.05) is 12.1 Å². The molecule has 2 heterocycles. The maximum absolute atomic E-state index is 13.1. The van der Waals surface area contributed by atoms with E-state index in [1.165, 1.54) is 0 Å². The van der Waals surface area contributed by atoms with Crippen LogP contribution in [-0.2, 0) is 11.3 Å². The zero-order valence-electron chi connectivity index (χ0n) is 13.2. The molecule has 2 unspecified atom stereocenters. The van der Waals surface area contributed by atoms with Gasteiger partial charge in [-0.05, 0) is 29.7 Å². The van der Waals surface area contributed by atoms with Crippen LogP contribution in [0.1, 0.15) is 37.4 Å². The van der Waals surface area contributed by atoms with Crippen LogP contribution >= 0.6 is 11.6 Å². The Morgan fingerprint density at radius 1 is 1.43 bits per heavy atom. The number of hydrogen-bond donors (Lipinski definition) is 3. The van der Waals surface area contributed by atoms with Gasteiger partial charge in [-0.2, -0.15) is 0 Å². The zero-order valence-corrected chi connectivity index (χ0v) is 14.0. The van der Waals surface area contributed by atoms with Gasteiger partial charge in [0.05, 0.1) is 12.6 Å². The second-order valence-electron chi connectivity index (χ2n) is 6.42. The summed E-state index contributed by atoms with van der Waals surface area (Å²) in [5, 5.41) is 7.50. The van der Waals surface area contributed by atoms with Gasteiger partial charge in [0.25, 0.3) is 0 Å². The van der Waals surface area contributed by atoms with E-state index in [0.717, 1.165) is 27.2 Å². The van der Waals surface area contributed by atoms with E-state index in [1.54, 1.807) is 0 Å². The van der Waals surface area contributed by atoms with Gasteiger partial charge in [-0.25, -0.2) is 4.39 Å². The Morgan fingerprint density at radius 2 is 2.22 bits per heavy atom. The molecular formula is C17H21ClFN3O. The van der Waals surface area contributed by atoms with Gasteiger partial charge < -0.3 is 15.6 Å². The van der Waals surface area contributed by atoms with Crippen molar-refractivity contribution in [3.05, 3.63) is 34.5 Å². The molecule has 3 rings (SSSR count). The van der Waals surface area contributed by atoms with Gasteiger partial charge in [-0.1, -0.05) is 25.4 Å². The highest BCUT2D eigenvalue weighted by Crippen LogP contribution is 2.29. The third-order valence-electron chi connectivity index (χ3n) is 4.26. The molecule has 4 nitrogen and oxygen atoms in total. The minimum absolute atomic E-state index is 0.162. The Hall–Kier alpha value is -1.59. The van der Waals surface area contributed by atoms with Gasteiger partial charge in [0.15, 0.2) is 0 Å². The first kappa shape index (κ1) is 16.3. The summed E-state index contributed by atoms with van der Waals surface area (Å²) in [7, 11) is 0. The third kappa shape index (κ3) is 3.51. The molecule has 6 heteroatoms. The second-order valence-corrected chi connectivity index (χ2v) is 6.83. The molecule has 1 aliphatic heterocycles. The fourth-order valence-corrected chi connectivity index (χ4v) is 3.36. The van der Waals surface area contributed by atoms with Crippen LogP contribution in [-0.4, -0.2) is 29.6 Å². The minimum atomic E-state index is -0.935. The number of amides is 1. The first-order valence-electron chi connectivity index (χ1n) is 7.90. The number of benzene rings is 1. The number of fused-ring (bicyclic) bond motifs is 1. The number of hydrogen-bond acceptors (Lipinski definition) is 2. The maximum Gasteiger partial charge on any atom is 0.237 e. The van der Waals surface area contributed by atoms with Crippen LogP contribution in [0, 0.1) is 0 Å². The second kappa shape index (κ2) is 6.49. The maximum atomic E-state index is 13.1. The summed E-state index contributed by atoms with van der Waals surface area (Å²) >= 11 is 6.31. The standard InChI is InChI=1S/C17H21ClFN3O/c1-9(2)13-6-15-10(4-14(13)18)3-12(22-15)8-21-17(23)16-5-11(19)7-20-16/h3-4,6,9,11,16,20,22H,5,7-8H2,1-2H3,(H,21,23). The number of carbonyl (C=O) groups excluding carboxylic acids is 1. The van der Waals surface area contributed by atoms with Crippen molar-refractivity contribution in [1.82, 2.24) is 15.6 Å². The Bertz CT molecular complexity index is 728. The molecule has 0 saturated carbocycles. The lowest BCUT2D eigenvalue weighted by molar-refractivity contribution is -0.123. The number of H-pyrrole nitrogens is 1. The number of alkyl halides is 1. The predicted octanol–water partition coefficient (Wildman–Crippen LogP) is 3.26.